The molecular formula is C17H27FOSi. The summed E-state index contributed by atoms with van der Waals surface area (Å²) in [5.74, 6) is 0.276. The standard InChI is InChI=1S/C17H27FOSi/c1-17(2,3)20(4,5)19-16-8-6-7-15(16)13-9-11-14(18)12-10-13/h9-12,15-16H,6-8H2,1-5H3/t15-,16+/m0/s1. The van der Waals surface area contributed by atoms with E-state index in [1.54, 1.807) is 12.1 Å². The first kappa shape index (κ1) is 15.7. The SMILES string of the molecule is CC(C)(C)[Si](C)(C)O[C@@H]1CCC[C@H]1c1ccc(F)cc1. The van der Waals surface area contributed by atoms with Crippen molar-refractivity contribution in [3.8, 4) is 0 Å². The zero-order valence-corrected chi connectivity index (χ0v) is 14.4. The second-order valence-electron chi connectivity index (χ2n) is 7.51. The van der Waals surface area contributed by atoms with Crippen molar-refractivity contribution in [2.24, 2.45) is 0 Å². The van der Waals surface area contributed by atoms with Gasteiger partial charge < -0.3 is 4.43 Å². The van der Waals surface area contributed by atoms with Crippen LogP contribution >= 0.6 is 0 Å². The van der Waals surface area contributed by atoms with E-state index >= 15 is 0 Å². The highest BCUT2D eigenvalue weighted by Gasteiger charge is 2.42. The number of rotatable bonds is 3. The van der Waals surface area contributed by atoms with E-state index in [9.17, 15) is 4.39 Å². The minimum absolute atomic E-state index is 0.159. The third kappa shape index (κ3) is 3.32. The highest BCUT2D eigenvalue weighted by atomic mass is 28.4. The van der Waals surface area contributed by atoms with Gasteiger partial charge in [-0.05, 0) is 48.7 Å². The van der Waals surface area contributed by atoms with Gasteiger partial charge in [0.15, 0.2) is 8.32 Å². The molecule has 0 heterocycles. The summed E-state index contributed by atoms with van der Waals surface area (Å²) >= 11 is 0. The molecule has 0 spiro atoms. The molecule has 2 atom stereocenters. The van der Waals surface area contributed by atoms with E-state index in [0.717, 1.165) is 12.8 Å². The minimum atomic E-state index is -1.73. The number of halogens is 1. The minimum Gasteiger partial charge on any atom is -0.413 e. The van der Waals surface area contributed by atoms with Crippen molar-refractivity contribution in [2.75, 3.05) is 0 Å². The number of benzene rings is 1. The van der Waals surface area contributed by atoms with Crippen LogP contribution in [0, 0.1) is 5.82 Å². The monoisotopic (exact) mass is 294 g/mol. The third-order valence-corrected chi connectivity index (χ3v) is 9.51. The van der Waals surface area contributed by atoms with Gasteiger partial charge in [0, 0.05) is 5.92 Å². The summed E-state index contributed by atoms with van der Waals surface area (Å²) in [5, 5.41) is 0.239. The van der Waals surface area contributed by atoms with Crippen LogP contribution in [0.4, 0.5) is 4.39 Å². The molecule has 1 aromatic rings. The Kier molecular flexibility index (Phi) is 4.40. The molecule has 0 unspecified atom stereocenters. The Balaban J connectivity index is 2.14. The van der Waals surface area contributed by atoms with Gasteiger partial charge in [-0.2, -0.15) is 0 Å². The van der Waals surface area contributed by atoms with Gasteiger partial charge in [-0.25, -0.2) is 4.39 Å². The molecule has 1 fully saturated rings. The molecule has 1 aliphatic carbocycles. The molecule has 0 N–H and O–H groups in total. The highest BCUT2D eigenvalue weighted by molar-refractivity contribution is 6.74. The van der Waals surface area contributed by atoms with Gasteiger partial charge in [0.1, 0.15) is 5.82 Å². The Hall–Kier alpha value is -0.673. The van der Waals surface area contributed by atoms with Crippen molar-refractivity contribution in [1.82, 2.24) is 0 Å². The lowest BCUT2D eigenvalue weighted by molar-refractivity contribution is 0.170. The molecule has 0 amide bonds. The van der Waals surface area contributed by atoms with Crippen LogP contribution < -0.4 is 0 Å². The smallest absolute Gasteiger partial charge is 0.192 e. The van der Waals surface area contributed by atoms with Gasteiger partial charge >= 0.3 is 0 Å². The Labute approximate surface area is 123 Å². The number of hydrogen-bond donors (Lipinski definition) is 0. The summed E-state index contributed by atoms with van der Waals surface area (Å²) < 4.78 is 19.7. The molecule has 0 aromatic heterocycles. The maximum Gasteiger partial charge on any atom is 0.192 e. The normalized spacial score (nSPS) is 24.1. The predicted molar refractivity (Wildman–Crippen MR) is 85.1 cm³/mol. The second kappa shape index (κ2) is 5.61. The molecule has 3 heteroatoms. The summed E-state index contributed by atoms with van der Waals surface area (Å²) in [6.45, 7) is 11.5. The highest BCUT2D eigenvalue weighted by Crippen LogP contribution is 2.43. The molecule has 1 saturated carbocycles. The van der Waals surface area contributed by atoms with Gasteiger partial charge in [0.25, 0.3) is 0 Å². The van der Waals surface area contributed by atoms with E-state index in [1.165, 1.54) is 12.0 Å². The first-order chi connectivity index (χ1) is 9.21. The van der Waals surface area contributed by atoms with Gasteiger partial charge in [-0.3, -0.25) is 0 Å². The van der Waals surface area contributed by atoms with E-state index in [0.29, 0.717) is 12.0 Å². The maximum atomic E-state index is 13.1. The molecule has 0 radical (unpaired) electrons. The topological polar surface area (TPSA) is 9.23 Å². The van der Waals surface area contributed by atoms with Crippen LogP contribution in [0.2, 0.25) is 18.1 Å². The van der Waals surface area contributed by atoms with Crippen molar-refractivity contribution >= 4 is 8.32 Å². The molecule has 1 nitrogen and oxygen atoms in total. The largest absolute Gasteiger partial charge is 0.413 e. The molecule has 0 bridgehead atoms. The Bertz CT molecular complexity index is 447. The van der Waals surface area contributed by atoms with E-state index in [-0.39, 0.29) is 10.9 Å². The lowest BCUT2D eigenvalue weighted by Crippen LogP contribution is -2.44. The van der Waals surface area contributed by atoms with Gasteiger partial charge in [-0.1, -0.05) is 39.3 Å². The molecule has 1 aliphatic rings. The van der Waals surface area contributed by atoms with Crippen molar-refractivity contribution in [3.05, 3.63) is 35.6 Å². The second-order valence-corrected chi connectivity index (χ2v) is 12.3. The van der Waals surface area contributed by atoms with Crippen molar-refractivity contribution in [1.29, 1.82) is 0 Å². The van der Waals surface area contributed by atoms with Crippen LogP contribution in [0.25, 0.3) is 0 Å². The maximum absolute atomic E-state index is 13.1. The van der Waals surface area contributed by atoms with E-state index < -0.39 is 8.32 Å². The predicted octanol–water partition coefficient (Wildman–Crippen LogP) is 5.48. The fourth-order valence-corrected chi connectivity index (χ4v) is 4.11. The van der Waals surface area contributed by atoms with Crippen molar-refractivity contribution in [2.45, 2.75) is 70.2 Å². The van der Waals surface area contributed by atoms with Gasteiger partial charge in [0.05, 0.1) is 6.10 Å². The Morgan fingerprint density at radius 3 is 2.25 bits per heavy atom. The molecule has 112 valence electrons. The summed E-state index contributed by atoms with van der Waals surface area (Å²) in [5.41, 5.74) is 1.23. The molecular weight excluding hydrogens is 267 g/mol. The Morgan fingerprint density at radius 1 is 1.10 bits per heavy atom. The van der Waals surface area contributed by atoms with Crippen molar-refractivity contribution in [3.63, 3.8) is 0 Å². The molecule has 0 aliphatic heterocycles. The summed E-state index contributed by atoms with van der Waals surface area (Å²) in [4.78, 5) is 0. The first-order valence-corrected chi connectivity index (χ1v) is 10.5. The van der Waals surface area contributed by atoms with Gasteiger partial charge in [-0.15, -0.1) is 0 Å². The van der Waals surface area contributed by atoms with Crippen LogP contribution in [0.5, 0.6) is 0 Å². The van der Waals surface area contributed by atoms with Crippen LogP contribution in [-0.4, -0.2) is 14.4 Å². The molecule has 20 heavy (non-hydrogen) atoms. The summed E-state index contributed by atoms with van der Waals surface area (Å²) in [7, 11) is -1.73. The van der Waals surface area contributed by atoms with E-state index in [2.05, 4.69) is 33.9 Å². The first-order valence-electron chi connectivity index (χ1n) is 7.64. The van der Waals surface area contributed by atoms with E-state index in [1.807, 2.05) is 12.1 Å². The van der Waals surface area contributed by atoms with Gasteiger partial charge in [0.2, 0.25) is 0 Å². The average molecular weight is 294 g/mol. The quantitative estimate of drug-likeness (QED) is 0.670. The van der Waals surface area contributed by atoms with Crippen LogP contribution in [0.1, 0.15) is 51.5 Å². The van der Waals surface area contributed by atoms with Crippen LogP contribution in [0.3, 0.4) is 0 Å². The zero-order chi connectivity index (χ0) is 15.0. The average Bonchev–Trinajstić information content (AvgIpc) is 2.76. The molecule has 2 rings (SSSR count). The van der Waals surface area contributed by atoms with E-state index in [4.69, 9.17) is 4.43 Å². The third-order valence-electron chi connectivity index (χ3n) is 5.00. The fourth-order valence-electron chi connectivity index (χ4n) is 2.71. The fraction of sp³-hybridized carbons (Fsp3) is 0.647. The molecule has 0 saturated heterocycles. The lowest BCUT2D eigenvalue weighted by atomic mass is 9.96. The van der Waals surface area contributed by atoms with Crippen LogP contribution in [-0.2, 0) is 4.43 Å². The summed E-state index contributed by atoms with van der Waals surface area (Å²) in [6, 6.07) is 6.98. The lowest BCUT2D eigenvalue weighted by Gasteiger charge is -2.40. The van der Waals surface area contributed by atoms with Crippen LogP contribution in [0.15, 0.2) is 24.3 Å². The molecule has 1 aromatic carbocycles. The Morgan fingerprint density at radius 2 is 1.70 bits per heavy atom. The summed E-state index contributed by atoms with van der Waals surface area (Å²) in [6.07, 6.45) is 3.81. The number of hydrogen-bond acceptors (Lipinski definition) is 1. The van der Waals surface area contributed by atoms with Crippen molar-refractivity contribution < 1.29 is 8.82 Å². The zero-order valence-electron chi connectivity index (χ0n) is 13.4.